The van der Waals surface area contributed by atoms with Crippen LogP contribution >= 0.6 is 0 Å². The van der Waals surface area contributed by atoms with E-state index in [-0.39, 0.29) is 56.8 Å². The second-order valence-electron chi connectivity index (χ2n) is 12.7. The molecule has 2 rings (SSSR count). The number of hydrogen-bond donors (Lipinski definition) is 9. The van der Waals surface area contributed by atoms with E-state index in [4.69, 9.17) is 16.6 Å². The third-order valence-electron chi connectivity index (χ3n) is 7.96. The van der Waals surface area contributed by atoms with Crippen LogP contribution in [0.2, 0.25) is 0 Å². The van der Waals surface area contributed by atoms with Crippen LogP contribution in [0.5, 0.6) is 0 Å². The first-order chi connectivity index (χ1) is 23.9. The van der Waals surface area contributed by atoms with Crippen molar-refractivity contribution in [2.45, 2.75) is 77.7 Å². The molecule has 280 valence electrons. The number of carboxylic acids is 1. The molecule has 11 N–H and O–H groups in total. The average molecular weight is 716 g/mol. The van der Waals surface area contributed by atoms with Crippen LogP contribution in [0.3, 0.4) is 0 Å². The standard InChI is InChI=1S/C33H49N9O9/c1-17(2)27-32(51)42(5)24(7-6-8-36-33(34)35)31(50)39-16-25(44)40-23(10-19(4)43)30(49)38-15-21-11-20(12-22(13-21)29(48)41-27)14-37-28(47)18(3)9-26(45)46/h11-13,17-18,23-24,27,43H,4,6-10,14-16H2,1-3,5H3,(H,37,47)(H,38,49)(H,39,50)(H,40,44)(H,41,48)(H,45,46)(H4,34,35,36)/t18-,23+,24+,27-/m1/s1. The molecule has 0 fully saturated rings. The molecule has 0 aliphatic carbocycles. The minimum Gasteiger partial charge on any atom is -0.513 e. The molecule has 0 saturated heterocycles. The molecule has 51 heavy (non-hydrogen) atoms. The fourth-order valence-corrected chi connectivity index (χ4v) is 5.21. The lowest BCUT2D eigenvalue weighted by Gasteiger charge is -2.32. The number of nitrogens with two attached hydrogens (primary N) is 2. The Labute approximate surface area is 295 Å². The van der Waals surface area contributed by atoms with Crippen LogP contribution in [0.4, 0.5) is 0 Å². The summed E-state index contributed by atoms with van der Waals surface area (Å²) in [6.07, 6.45) is -0.369. The van der Waals surface area contributed by atoms with Crippen molar-refractivity contribution in [3.05, 3.63) is 47.2 Å². The molecule has 4 atom stereocenters. The van der Waals surface area contributed by atoms with Crippen molar-refractivity contribution in [2.24, 2.45) is 28.3 Å². The monoisotopic (exact) mass is 715 g/mol. The van der Waals surface area contributed by atoms with Gasteiger partial charge in [0.05, 0.1) is 18.7 Å². The second-order valence-corrected chi connectivity index (χ2v) is 12.7. The van der Waals surface area contributed by atoms with E-state index in [1.54, 1.807) is 19.9 Å². The fourth-order valence-electron chi connectivity index (χ4n) is 5.21. The van der Waals surface area contributed by atoms with Gasteiger partial charge in [-0.2, -0.15) is 0 Å². The Morgan fingerprint density at radius 3 is 2.29 bits per heavy atom. The van der Waals surface area contributed by atoms with E-state index in [2.05, 4.69) is 38.2 Å². The van der Waals surface area contributed by atoms with E-state index < -0.39 is 83.7 Å². The number of aliphatic hydroxyl groups excluding tert-OH is 1. The fraction of sp³-hybridized carbons (Fsp3) is 0.515. The van der Waals surface area contributed by atoms with Crippen LogP contribution in [-0.2, 0) is 41.9 Å². The number of amides is 6. The predicted octanol–water partition coefficient (Wildman–Crippen LogP) is -1.26. The van der Waals surface area contributed by atoms with Gasteiger partial charge in [-0.05, 0) is 42.0 Å². The van der Waals surface area contributed by atoms with E-state index in [0.29, 0.717) is 11.1 Å². The highest BCUT2D eigenvalue weighted by Crippen LogP contribution is 2.16. The van der Waals surface area contributed by atoms with E-state index in [1.165, 1.54) is 31.0 Å². The molecule has 2 bridgehead atoms. The van der Waals surface area contributed by atoms with Gasteiger partial charge in [-0.15, -0.1) is 0 Å². The number of carbonyl (C=O) groups is 7. The van der Waals surface area contributed by atoms with E-state index in [9.17, 15) is 38.7 Å². The van der Waals surface area contributed by atoms with Crippen LogP contribution in [-0.4, -0.2) is 101 Å². The van der Waals surface area contributed by atoms with Crippen LogP contribution in [0.1, 0.15) is 67.9 Å². The summed E-state index contributed by atoms with van der Waals surface area (Å²) in [4.78, 5) is 95.8. The van der Waals surface area contributed by atoms with Gasteiger partial charge in [0.25, 0.3) is 5.91 Å². The van der Waals surface area contributed by atoms with Crippen molar-refractivity contribution < 1.29 is 43.8 Å². The Morgan fingerprint density at radius 2 is 1.69 bits per heavy atom. The van der Waals surface area contributed by atoms with Crippen LogP contribution < -0.4 is 38.1 Å². The minimum absolute atomic E-state index is 0.0759. The smallest absolute Gasteiger partial charge is 0.304 e. The van der Waals surface area contributed by atoms with Gasteiger partial charge in [0, 0.05) is 44.6 Å². The molecule has 1 aliphatic heterocycles. The van der Waals surface area contributed by atoms with Gasteiger partial charge in [0.2, 0.25) is 29.5 Å². The lowest BCUT2D eigenvalue weighted by Crippen LogP contribution is -2.57. The average Bonchev–Trinajstić information content (AvgIpc) is 3.05. The van der Waals surface area contributed by atoms with E-state index in [0.717, 1.165) is 0 Å². The quantitative estimate of drug-likeness (QED) is 0.0533. The number of fused-ring (bicyclic) bond motifs is 2. The number of aliphatic carboxylic acids is 1. The van der Waals surface area contributed by atoms with Crippen LogP contribution in [0.15, 0.2) is 35.5 Å². The van der Waals surface area contributed by atoms with Gasteiger partial charge in [-0.1, -0.05) is 33.4 Å². The Kier molecular flexibility index (Phi) is 15.9. The maximum Gasteiger partial charge on any atom is 0.304 e. The van der Waals surface area contributed by atoms with Crippen molar-refractivity contribution in [1.82, 2.24) is 31.5 Å². The molecular formula is C33H49N9O9. The van der Waals surface area contributed by atoms with Crippen LogP contribution in [0, 0.1) is 11.8 Å². The lowest BCUT2D eigenvalue weighted by atomic mass is 9.99. The molecule has 0 spiro atoms. The van der Waals surface area contributed by atoms with Crippen molar-refractivity contribution in [3.8, 4) is 0 Å². The van der Waals surface area contributed by atoms with Gasteiger partial charge >= 0.3 is 5.97 Å². The third-order valence-corrected chi connectivity index (χ3v) is 7.96. The highest BCUT2D eigenvalue weighted by molar-refractivity contribution is 5.99. The number of nitrogens with zero attached hydrogens (tertiary/aromatic N) is 2. The SMILES string of the molecule is C=C(O)C[C@@H]1NC(=O)CNC(=O)[C@H](CCCN=C(N)N)N(C)C(=O)[C@@H](C(C)C)NC(=O)c2cc(CNC(=O)[C@H](C)CC(=O)O)cc(c2)CNC1=O. The molecule has 0 unspecified atom stereocenters. The molecule has 0 aromatic heterocycles. The first kappa shape index (κ1) is 41.5. The van der Waals surface area contributed by atoms with Crippen molar-refractivity contribution >= 4 is 47.4 Å². The number of aliphatic hydroxyl groups is 1. The highest BCUT2D eigenvalue weighted by atomic mass is 16.4. The zero-order valence-corrected chi connectivity index (χ0v) is 29.3. The zero-order valence-electron chi connectivity index (χ0n) is 29.3. The normalized spacial score (nSPS) is 19.7. The van der Waals surface area contributed by atoms with Gasteiger partial charge in [-0.25, -0.2) is 0 Å². The number of likely N-dealkylation sites (N-methyl/N-ethyl adjacent to an activating group) is 1. The second kappa shape index (κ2) is 19.5. The third kappa shape index (κ3) is 13.6. The lowest BCUT2D eigenvalue weighted by molar-refractivity contribution is -0.141. The summed E-state index contributed by atoms with van der Waals surface area (Å²) < 4.78 is 0. The largest absolute Gasteiger partial charge is 0.513 e. The molecule has 1 aliphatic rings. The number of hydrogen-bond acceptors (Lipinski definition) is 9. The van der Waals surface area contributed by atoms with E-state index >= 15 is 0 Å². The Hall–Kier alpha value is -5.68. The molecule has 18 heteroatoms. The first-order valence-corrected chi connectivity index (χ1v) is 16.4. The first-order valence-electron chi connectivity index (χ1n) is 16.4. The maximum atomic E-state index is 13.9. The summed E-state index contributed by atoms with van der Waals surface area (Å²) in [7, 11) is 1.40. The number of nitrogens with one attached hydrogen (secondary N) is 5. The number of carbonyl (C=O) groups excluding carboxylic acids is 6. The van der Waals surface area contributed by atoms with E-state index in [1.807, 2.05) is 0 Å². The molecule has 18 nitrogen and oxygen atoms in total. The summed E-state index contributed by atoms with van der Waals surface area (Å²) in [6.45, 7) is 7.60. The zero-order chi connectivity index (χ0) is 38.4. The van der Waals surface area contributed by atoms with Gasteiger partial charge in [0.1, 0.15) is 18.1 Å². The Morgan fingerprint density at radius 1 is 1.02 bits per heavy atom. The predicted molar refractivity (Wildman–Crippen MR) is 185 cm³/mol. The molecule has 1 aromatic rings. The molecule has 0 saturated carbocycles. The summed E-state index contributed by atoms with van der Waals surface area (Å²) in [6, 6.07) is 1.05. The van der Waals surface area contributed by atoms with Crippen molar-refractivity contribution in [2.75, 3.05) is 20.1 Å². The number of rotatable bonds is 12. The maximum absolute atomic E-state index is 13.9. The minimum atomic E-state index is -1.29. The Balaban J connectivity index is 2.57. The summed E-state index contributed by atoms with van der Waals surface area (Å²) >= 11 is 0. The van der Waals surface area contributed by atoms with Gasteiger partial charge < -0.3 is 53.2 Å². The van der Waals surface area contributed by atoms with Crippen molar-refractivity contribution in [1.29, 1.82) is 0 Å². The number of guanidine groups is 1. The molecule has 6 amide bonds. The molecule has 1 aromatic carbocycles. The highest BCUT2D eigenvalue weighted by Gasteiger charge is 2.34. The molecule has 1 heterocycles. The topological polar surface area (TPSA) is 288 Å². The molecular weight excluding hydrogens is 666 g/mol. The van der Waals surface area contributed by atoms with Crippen LogP contribution in [0.25, 0.3) is 0 Å². The number of benzene rings is 1. The number of carboxylic acid groups (broad SMARTS) is 1. The Bertz CT molecular complexity index is 1520. The summed E-state index contributed by atoms with van der Waals surface area (Å²) in [5.74, 6) is -6.90. The van der Waals surface area contributed by atoms with Gasteiger partial charge in [-0.3, -0.25) is 38.6 Å². The van der Waals surface area contributed by atoms with Gasteiger partial charge in [0.15, 0.2) is 5.96 Å². The van der Waals surface area contributed by atoms with Crippen molar-refractivity contribution in [3.63, 3.8) is 0 Å². The summed E-state index contributed by atoms with van der Waals surface area (Å²) in [5, 5.41) is 31.9. The molecule has 0 radical (unpaired) electrons. The number of aliphatic imine (C=N–C) groups is 1. The summed E-state index contributed by atoms with van der Waals surface area (Å²) in [5.41, 5.74) is 11.7.